The van der Waals surface area contributed by atoms with Gasteiger partial charge in [0.2, 0.25) is 0 Å². The average Bonchev–Trinajstić information content (AvgIpc) is 3.78. The van der Waals surface area contributed by atoms with E-state index in [1.807, 2.05) is 12.4 Å². The van der Waals surface area contributed by atoms with E-state index in [9.17, 15) is 0 Å². The summed E-state index contributed by atoms with van der Waals surface area (Å²) in [5, 5.41) is 0. The molecule has 3 aliphatic rings. The first-order valence-corrected chi connectivity index (χ1v) is 17.9. The van der Waals surface area contributed by atoms with Crippen LogP contribution in [-0.2, 0) is 10.8 Å². The molecule has 7 aromatic carbocycles. The molecule has 0 saturated carbocycles. The Hall–Kier alpha value is -6.31. The molecule has 0 amide bonds. The van der Waals surface area contributed by atoms with E-state index in [1.165, 1.54) is 94.6 Å². The maximum absolute atomic E-state index is 4.44. The molecule has 1 aromatic heterocycles. The van der Waals surface area contributed by atoms with Crippen molar-refractivity contribution in [3.63, 3.8) is 0 Å². The molecule has 0 saturated heterocycles. The van der Waals surface area contributed by atoms with Gasteiger partial charge in [-0.3, -0.25) is 4.98 Å². The summed E-state index contributed by atoms with van der Waals surface area (Å²) in [4.78, 5) is 4.44. The number of rotatable bonds is 3. The molecule has 0 aliphatic heterocycles. The summed E-state index contributed by atoms with van der Waals surface area (Å²) in [7, 11) is 0. The van der Waals surface area contributed by atoms with Crippen LogP contribution >= 0.6 is 0 Å². The van der Waals surface area contributed by atoms with Gasteiger partial charge in [0, 0.05) is 12.4 Å². The molecule has 2 unspecified atom stereocenters. The van der Waals surface area contributed by atoms with Gasteiger partial charge in [-0.05, 0) is 120 Å². The lowest BCUT2D eigenvalue weighted by atomic mass is 9.67. The Labute approximate surface area is 298 Å². The van der Waals surface area contributed by atoms with Gasteiger partial charge in [-0.1, -0.05) is 151 Å². The predicted octanol–water partition coefficient (Wildman–Crippen LogP) is 11.8. The van der Waals surface area contributed by atoms with Crippen molar-refractivity contribution in [3.05, 3.63) is 232 Å². The van der Waals surface area contributed by atoms with E-state index in [1.54, 1.807) is 0 Å². The minimum Gasteiger partial charge on any atom is -0.265 e. The van der Waals surface area contributed by atoms with Gasteiger partial charge >= 0.3 is 0 Å². The van der Waals surface area contributed by atoms with E-state index in [2.05, 4.69) is 182 Å². The minimum atomic E-state index is -0.471. The van der Waals surface area contributed by atoms with Crippen molar-refractivity contribution in [1.29, 1.82) is 0 Å². The molecule has 8 aromatic rings. The molecule has 51 heavy (non-hydrogen) atoms. The molecular weight excluding hydrogens is 615 g/mol. The standard InChI is InChI=1S/C50H33N/c1-32-19-24-46-42(29-32)39-15-7-10-18-45(39)50(46)44-17-9-6-14-38(44)41-23-21-34(31-48(41)50)33-20-22-40-37-13-5-8-16-43(37)49(47(40)30-33,35-11-3-2-4-12-35)36-25-27-51-28-26-36/h2-31H,1H3. The first kappa shape index (κ1) is 28.5. The summed E-state index contributed by atoms with van der Waals surface area (Å²) < 4.78 is 0. The van der Waals surface area contributed by atoms with Crippen LogP contribution in [0.1, 0.15) is 50.1 Å². The Morgan fingerprint density at radius 1 is 0.333 bits per heavy atom. The zero-order valence-corrected chi connectivity index (χ0v) is 28.3. The quantitative estimate of drug-likeness (QED) is 0.186. The molecule has 1 heterocycles. The van der Waals surface area contributed by atoms with Crippen molar-refractivity contribution in [2.24, 2.45) is 0 Å². The van der Waals surface area contributed by atoms with Crippen LogP contribution in [0.15, 0.2) is 182 Å². The molecule has 0 fully saturated rings. The Morgan fingerprint density at radius 3 is 1.39 bits per heavy atom. The van der Waals surface area contributed by atoms with E-state index in [0.29, 0.717) is 0 Å². The fourth-order valence-electron chi connectivity index (χ4n) is 9.98. The third-order valence-corrected chi connectivity index (χ3v) is 11.9. The van der Waals surface area contributed by atoms with E-state index < -0.39 is 5.41 Å². The molecule has 0 N–H and O–H groups in total. The van der Waals surface area contributed by atoms with Gasteiger partial charge in [0.15, 0.2) is 0 Å². The van der Waals surface area contributed by atoms with E-state index in [-0.39, 0.29) is 5.41 Å². The van der Waals surface area contributed by atoms with E-state index >= 15 is 0 Å². The lowest BCUT2D eigenvalue weighted by Crippen LogP contribution is -2.28. The third-order valence-electron chi connectivity index (χ3n) is 11.9. The maximum Gasteiger partial charge on any atom is 0.0725 e. The zero-order valence-electron chi connectivity index (χ0n) is 28.3. The van der Waals surface area contributed by atoms with Crippen LogP contribution in [-0.4, -0.2) is 4.98 Å². The van der Waals surface area contributed by atoms with Gasteiger partial charge in [0.25, 0.3) is 0 Å². The summed E-state index contributed by atoms with van der Waals surface area (Å²) in [6.07, 6.45) is 3.86. The van der Waals surface area contributed by atoms with Gasteiger partial charge < -0.3 is 0 Å². The van der Waals surface area contributed by atoms with Crippen LogP contribution in [0.4, 0.5) is 0 Å². The number of fused-ring (bicyclic) bond motifs is 13. The number of hydrogen-bond donors (Lipinski definition) is 0. The molecule has 11 rings (SSSR count). The van der Waals surface area contributed by atoms with Gasteiger partial charge in [-0.15, -0.1) is 0 Å². The summed E-state index contributed by atoms with van der Waals surface area (Å²) in [6.45, 7) is 2.20. The van der Waals surface area contributed by atoms with Gasteiger partial charge in [-0.25, -0.2) is 0 Å². The van der Waals surface area contributed by atoms with E-state index in [4.69, 9.17) is 0 Å². The monoisotopic (exact) mass is 647 g/mol. The van der Waals surface area contributed by atoms with Gasteiger partial charge in [0.05, 0.1) is 10.8 Å². The Kier molecular flexibility index (Phi) is 5.79. The first-order chi connectivity index (χ1) is 25.2. The molecular formula is C50H33N. The van der Waals surface area contributed by atoms with Crippen LogP contribution in [0.5, 0.6) is 0 Å². The topological polar surface area (TPSA) is 12.9 Å². The van der Waals surface area contributed by atoms with E-state index in [0.717, 1.165) is 0 Å². The van der Waals surface area contributed by atoms with Crippen molar-refractivity contribution in [1.82, 2.24) is 4.98 Å². The number of pyridine rings is 1. The second-order valence-electron chi connectivity index (χ2n) is 14.3. The normalized spacial score (nSPS) is 18.5. The maximum atomic E-state index is 4.44. The molecule has 1 spiro atoms. The van der Waals surface area contributed by atoms with Crippen molar-refractivity contribution in [2.75, 3.05) is 0 Å². The minimum absolute atomic E-state index is 0.376. The molecule has 238 valence electrons. The number of benzene rings is 7. The predicted molar refractivity (Wildman–Crippen MR) is 208 cm³/mol. The van der Waals surface area contributed by atoms with Crippen LogP contribution in [0.3, 0.4) is 0 Å². The lowest BCUT2D eigenvalue weighted by Gasteiger charge is -2.34. The fourth-order valence-corrected chi connectivity index (χ4v) is 9.98. The van der Waals surface area contributed by atoms with Crippen LogP contribution in [0.25, 0.3) is 44.5 Å². The average molecular weight is 648 g/mol. The number of nitrogens with zero attached hydrogens (tertiary/aromatic N) is 1. The number of hydrogen-bond acceptors (Lipinski definition) is 1. The largest absolute Gasteiger partial charge is 0.265 e. The second kappa shape index (κ2) is 10.4. The Bertz CT molecular complexity index is 2660. The van der Waals surface area contributed by atoms with Gasteiger partial charge in [-0.2, -0.15) is 0 Å². The number of aryl methyl sites for hydroxylation is 1. The van der Waals surface area contributed by atoms with Crippen molar-refractivity contribution < 1.29 is 0 Å². The lowest BCUT2D eigenvalue weighted by molar-refractivity contribution is 0.766. The molecule has 1 heteroatoms. The zero-order chi connectivity index (χ0) is 33.7. The fraction of sp³-hybridized carbons (Fsp3) is 0.0600. The molecule has 0 bridgehead atoms. The summed E-state index contributed by atoms with van der Waals surface area (Å²) in [5.74, 6) is 0. The highest BCUT2D eigenvalue weighted by Gasteiger charge is 2.52. The molecule has 0 radical (unpaired) electrons. The summed E-state index contributed by atoms with van der Waals surface area (Å²) in [6, 6.07) is 63.9. The first-order valence-electron chi connectivity index (χ1n) is 17.9. The third kappa shape index (κ3) is 3.58. The second-order valence-corrected chi connectivity index (χ2v) is 14.3. The highest BCUT2D eigenvalue weighted by molar-refractivity contribution is 5.96. The van der Waals surface area contributed by atoms with Crippen LogP contribution in [0.2, 0.25) is 0 Å². The van der Waals surface area contributed by atoms with Crippen LogP contribution < -0.4 is 0 Å². The van der Waals surface area contributed by atoms with Crippen molar-refractivity contribution >= 4 is 0 Å². The van der Waals surface area contributed by atoms with Crippen LogP contribution in [0, 0.1) is 6.92 Å². The Morgan fingerprint density at radius 2 is 0.784 bits per heavy atom. The molecule has 3 aliphatic carbocycles. The summed E-state index contributed by atoms with van der Waals surface area (Å²) in [5.41, 5.74) is 21.4. The number of aromatic nitrogens is 1. The Balaban J connectivity index is 1.18. The van der Waals surface area contributed by atoms with Crippen molar-refractivity contribution in [2.45, 2.75) is 17.8 Å². The van der Waals surface area contributed by atoms with Crippen molar-refractivity contribution in [3.8, 4) is 44.5 Å². The smallest absolute Gasteiger partial charge is 0.0725 e. The van der Waals surface area contributed by atoms with Gasteiger partial charge in [0.1, 0.15) is 0 Å². The molecule has 1 nitrogen and oxygen atoms in total. The SMILES string of the molecule is Cc1ccc2c(c1)-c1ccccc1C21c2ccccc2-c2ccc(-c3ccc4c(c3)C(c3ccccc3)(c3ccncc3)c3ccccc3-4)cc21. The highest BCUT2D eigenvalue weighted by atomic mass is 14.6. The molecule has 2 atom stereocenters. The summed E-state index contributed by atoms with van der Waals surface area (Å²) >= 11 is 0. The highest BCUT2D eigenvalue weighted by Crippen LogP contribution is 2.63.